The highest BCUT2D eigenvalue weighted by Gasteiger charge is 2.25. The van der Waals surface area contributed by atoms with Gasteiger partial charge in [0.25, 0.3) is 0 Å². The number of unbranched alkanes of at least 4 members (excludes halogenated alkanes) is 6. The molecule has 0 aromatic heterocycles. The van der Waals surface area contributed by atoms with Crippen molar-refractivity contribution >= 4 is 0 Å². The van der Waals surface area contributed by atoms with Crippen LogP contribution in [0.4, 0.5) is 0 Å². The summed E-state index contributed by atoms with van der Waals surface area (Å²) in [6.07, 6.45) is 42.8. The van der Waals surface area contributed by atoms with Crippen LogP contribution in [0, 0.1) is 142 Å². The lowest BCUT2D eigenvalue weighted by Gasteiger charge is -2.21. The Morgan fingerprint density at radius 3 is 0.564 bits per heavy atom. The van der Waals surface area contributed by atoms with Crippen molar-refractivity contribution in [3.8, 4) is 0 Å². The van der Waals surface area contributed by atoms with Crippen LogP contribution >= 0.6 is 0 Å². The summed E-state index contributed by atoms with van der Waals surface area (Å²) in [5, 5.41) is 0. The van der Waals surface area contributed by atoms with Crippen LogP contribution in [-0.2, 0) is 0 Å². The molecule has 0 aliphatic heterocycles. The van der Waals surface area contributed by atoms with Crippen molar-refractivity contribution in [1.29, 1.82) is 0 Å². The summed E-state index contributed by atoms with van der Waals surface area (Å²) >= 11 is 0. The van der Waals surface area contributed by atoms with Crippen LogP contribution in [0.25, 0.3) is 0 Å². The quantitative estimate of drug-likeness (QED) is 0.0535. The normalized spacial score (nSPS) is 15.0. The van der Waals surface area contributed by atoms with Crippen LogP contribution in [-0.4, -0.2) is 0 Å². The van der Waals surface area contributed by atoms with E-state index in [2.05, 4.69) is 277 Å². The molecule has 580 valence electrons. The molecule has 0 saturated heterocycles. The predicted octanol–water partition coefficient (Wildman–Crippen LogP) is 35.2. The molecule has 1 aliphatic rings. The Labute approximate surface area is 608 Å². The zero-order chi connectivity index (χ0) is 75.1. The van der Waals surface area contributed by atoms with Gasteiger partial charge < -0.3 is 0 Å². The Hall–Kier alpha value is 0. The standard InChI is InChI=1S/C13H26.2C12H26.C11H24.2C10H22.2C9H20.C8H18/c1-10(2)7-12-5-6-13(9-12)8-11(3)4;1-9(2)7-11(5)8-12(6)10(3)4;1-11(2)9-7-5-6-8-10-12(3)4;1-10(2)8-6-5-7-9-11(3)4;1-8(2)6-10(5)7-9(3)4;1-9(2)7-5-6-8-10(3)4;1-7(2)6-9(5)8(3)4;1-8(2)6-5-7-9(3)4;1-7(2)5-6-8(3)4/h10-13H,5-9H2,1-4H3;9-12H,7-8H2,1-6H3;11-12H,5-10H2,1-4H3;10-11H,5-9H2,1-4H3;8-10H,6-7H2,1-5H3;9-10H,5-8H2,1-4H3;7-9H,6H2,1-5H3;8-9H,5-7H2,1-4H3;7-8H,5-6H2,1-4H3. The summed E-state index contributed by atoms with van der Waals surface area (Å²) in [5.41, 5.74) is 0. The van der Waals surface area contributed by atoms with E-state index in [9.17, 15) is 0 Å². The van der Waals surface area contributed by atoms with Gasteiger partial charge in [-0.15, -0.1) is 0 Å². The van der Waals surface area contributed by atoms with E-state index in [1.165, 1.54) is 193 Å². The maximum absolute atomic E-state index is 2.39. The van der Waals surface area contributed by atoms with E-state index < -0.39 is 0 Å². The molecule has 1 rings (SSSR count). The number of hydrogen-bond donors (Lipinski definition) is 0. The van der Waals surface area contributed by atoms with Gasteiger partial charge in [-0.05, 0) is 193 Å². The van der Waals surface area contributed by atoms with Crippen molar-refractivity contribution in [3.63, 3.8) is 0 Å². The summed E-state index contributed by atoms with van der Waals surface area (Å²) < 4.78 is 0. The van der Waals surface area contributed by atoms with Gasteiger partial charge in [-0.2, -0.15) is 0 Å². The first-order chi connectivity index (χ1) is 43.2. The fraction of sp³-hybridized carbons (Fsp3) is 1.00. The van der Waals surface area contributed by atoms with Gasteiger partial charge in [-0.25, -0.2) is 0 Å². The van der Waals surface area contributed by atoms with E-state index in [0.29, 0.717) is 0 Å². The lowest BCUT2D eigenvalue weighted by atomic mass is 9.85. The highest BCUT2D eigenvalue weighted by molar-refractivity contribution is 4.77. The Balaban J connectivity index is -0.000000148. The van der Waals surface area contributed by atoms with Crippen molar-refractivity contribution in [2.24, 2.45) is 142 Å². The van der Waals surface area contributed by atoms with Crippen LogP contribution < -0.4 is 0 Å². The van der Waals surface area contributed by atoms with Crippen molar-refractivity contribution in [3.05, 3.63) is 0 Å². The van der Waals surface area contributed by atoms with E-state index in [4.69, 9.17) is 0 Å². The summed E-state index contributed by atoms with van der Waals surface area (Å²) in [6.45, 7) is 92.5. The largest absolute Gasteiger partial charge is 0.0628 e. The Morgan fingerprint density at radius 2 is 0.372 bits per heavy atom. The highest BCUT2D eigenvalue weighted by Crippen LogP contribution is 2.38. The second kappa shape index (κ2) is 75.7. The van der Waals surface area contributed by atoms with E-state index in [1.54, 1.807) is 0 Å². The molecule has 0 heterocycles. The maximum atomic E-state index is 2.39. The predicted molar refractivity (Wildman–Crippen MR) is 449 cm³/mol. The van der Waals surface area contributed by atoms with Crippen LogP contribution in [0.5, 0.6) is 0 Å². The Bertz CT molecular complexity index is 1250. The first-order valence-electron chi connectivity index (χ1n) is 43.2. The van der Waals surface area contributed by atoms with E-state index in [-0.39, 0.29) is 0 Å². The van der Waals surface area contributed by atoms with Crippen molar-refractivity contribution in [1.82, 2.24) is 0 Å². The van der Waals surface area contributed by atoms with Crippen LogP contribution in [0.3, 0.4) is 0 Å². The molecular formula is C94H204. The van der Waals surface area contributed by atoms with Crippen LogP contribution in [0.2, 0.25) is 0 Å². The second-order valence-electron chi connectivity index (χ2n) is 39.6. The molecule has 0 N–H and O–H groups in total. The van der Waals surface area contributed by atoms with E-state index in [1.807, 2.05) is 0 Å². The van der Waals surface area contributed by atoms with Crippen LogP contribution in [0.15, 0.2) is 0 Å². The summed E-state index contributed by atoms with van der Waals surface area (Å²) in [6, 6.07) is 0. The van der Waals surface area contributed by atoms with Gasteiger partial charge in [-0.1, -0.05) is 418 Å². The minimum Gasteiger partial charge on any atom is -0.0628 e. The molecule has 0 radical (unpaired) electrons. The molecule has 5 atom stereocenters. The summed E-state index contributed by atoms with van der Waals surface area (Å²) in [7, 11) is 0. The topological polar surface area (TPSA) is 0 Å². The SMILES string of the molecule is CC(C)CC(C)C(C)C.CC(C)CC(C)CC(C)C.CC(C)CC(C)CC(C)C(C)C.CC(C)CC1CCC(CC(C)C)C1.CC(C)CCC(C)C.CC(C)CCCC(C)C.CC(C)CCCCC(C)C.CC(C)CCCCCC(C)C.CC(C)CCCCCCC(C)C. The van der Waals surface area contributed by atoms with Crippen molar-refractivity contribution in [2.75, 3.05) is 0 Å². The van der Waals surface area contributed by atoms with E-state index >= 15 is 0 Å². The lowest BCUT2D eigenvalue weighted by Crippen LogP contribution is -2.10. The maximum Gasteiger partial charge on any atom is -0.0409 e. The average Bonchev–Trinajstić information content (AvgIpc) is 1.84. The van der Waals surface area contributed by atoms with Crippen LogP contribution in [0.1, 0.15) is 470 Å². The van der Waals surface area contributed by atoms with Gasteiger partial charge >= 0.3 is 0 Å². The zero-order valence-electron chi connectivity index (χ0n) is 75.1. The molecule has 1 aliphatic carbocycles. The second-order valence-corrected chi connectivity index (χ2v) is 39.6. The smallest absolute Gasteiger partial charge is 0.0409 e. The molecule has 0 nitrogen and oxygen atoms in total. The highest BCUT2D eigenvalue weighted by atomic mass is 14.3. The zero-order valence-corrected chi connectivity index (χ0v) is 75.1. The summed E-state index contributed by atoms with van der Waals surface area (Å²) in [4.78, 5) is 0. The molecule has 5 unspecified atom stereocenters. The van der Waals surface area contributed by atoms with Gasteiger partial charge in [0.05, 0.1) is 0 Å². The molecule has 1 fully saturated rings. The van der Waals surface area contributed by atoms with Gasteiger partial charge in [0, 0.05) is 0 Å². The first kappa shape index (κ1) is 110. The molecule has 94 heavy (non-hydrogen) atoms. The molecular weight excluding hydrogens is 1130 g/mol. The Kier molecular flexibility index (Phi) is 88.5. The minimum absolute atomic E-state index is 0.847. The third kappa shape index (κ3) is 119. The van der Waals surface area contributed by atoms with Gasteiger partial charge in [-0.3, -0.25) is 0 Å². The minimum atomic E-state index is 0.847. The first-order valence-corrected chi connectivity index (χ1v) is 43.2. The average molecular weight is 1330 g/mol. The van der Waals surface area contributed by atoms with E-state index in [0.717, 1.165) is 142 Å². The summed E-state index contributed by atoms with van der Waals surface area (Å²) in [5.74, 6) is 21.6. The third-order valence-corrected chi connectivity index (χ3v) is 18.8. The fourth-order valence-corrected chi connectivity index (χ4v) is 12.9. The molecule has 0 amide bonds. The number of rotatable bonds is 41. The van der Waals surface area contributed by atoms with Crippen molar-refractivity contribution in [2.45, 2.75) is 470 Å². The Morgan fingerprint density at radius 1 is 0.181 bits per heavy atom. The molecule has 0 spiro atoms. The number of hydrogen-bond acceptors (Lipinski definition) is 0. The molecule has 0 heteroatoms. The fourth-order valence-electron chi connectivity index (χ4n) is 12.9. The molecule has 0 aromatic rings. The van der Waals surface area contributed by atoms with Gasteiger partial charge in [0.1, 0.15) is 0 Å². The monoisotopic (exact) mass is 1330 g/mol. The molecule has 0 bridgehead atoms. The molecule has 0 aromatic carbocycles. The lowest BCUT2D eigenvalue weighted by molar-refractivity contribution is 0.301. The molecule has 1 saturated carbocycles. The van der Waals surface area contributed by atoms with Gasteiger partial charge in [0.2, 0.25) is 0 Å². The van der Waals surface area contributed by atoms with Gasteiger partial charge in [0.15, 0.2) is 0 Å². The van der Waals surface area contributed by atoms with Crippen molar-refractivity contribution < 1.29 is 0 Å². The third-order valence-electron chi connectivity index (χ3n) is 18.8.